The van der Waals surface area contributed by atoms with Gasteiger partial charge < -0.3 is 4.90 Å². The second kappa shape index (κ2) is 6.27. The van der Waals surface area contributed by atoms with Gasteiger partial charge in [-0.3, -0.25) is 0 Å². The monoisotopic (exact) mass is 358 g/mol. The molecule has 5 rings (SSSR count). The lowest BCUT2D eigenvalue weighted by molar-refractivity contribution is 0.296. The molecule has 0 aliphatic carbocycles. The third-order valence-electron chi connectivity index (χ3n) is 5.02. The first-order chi connectivity index (χ1) is 12.8. The van der Waals surface area contributed by atoms with Crippen LogP contribution >= 0.6 is 11.3 Å². The lowest BCUT2D eigenvalue weighted by atomic mass is 9.87. The molecule has 0 saturated heterocycles. The zero-order valence-corrected chi connectivity index (χ0v) is 15.3. The van der Waals surface area contributed by atoms with Crippen LogP contribution in [-0.4, -0.2) is 33.7 Å². The third kappa shape index (κ3) is 2.69. The van der Waals surface area contributed by atoms with E-state index in [-0.39, 0.29) is 0 Å². The second-order valence-electron chi connectivity index (χ2n) is 6.84. The Bertz CT molecular complexity index is 1040. The van der Waals surface area contributed by atoms with Gasteiger partial charge in [-0.2, -0.15) is 0 Å². The second-order valence-corrected chi connectivity index (χ2v) is 7.96. The summed E-state index contributed by atoms with van der Waals surface area (Å²) in [5.41, 5.74) is 4.69. The van der Waals surface area contributed by atoms with E-state index in [0.717, 1.165) is 24.3 Å². The summed E-state index contributed by atoms with van der Waals surface area (Å²) in [4.78, 5) is 7.93. The van der Waals surface area contributed by atoms with Gasteiger partial charge >= 0.3 is 0 Å². The highest BCUT2D eigenvalue weighted by atomic mass is 32.1. The van der Waals surface area contributed by atoms with Crippen LogP contribution in [0, 0.1) is 0 Å². The smallest absolute Gasteiger partial charge is 0.138 e. The maximum absolute atomic E-state index is 4.20. The molecule has 1 unspecified atom stereocenters. The molecule has 0 radical (unpaired) electrons. The van der Waals surface area contributed by atoms with Gasteiger partial charge in [-0.05, 0) is 41.8 Å². The fourth-order valence-electron chi connectivity index (χ4n) is 3.80. The number of benzene rings is 2. The summed E-state index contributed by atoms with van der Waals surface area (Å²) in [6.45, 7) is 2.00. The molecule has 1 aliphatic rings. The van der Waals surface area contributed by atoms with Crippen LogP contribution in [0.25, 0.3) is 21.3 Å². The average molecular weight is 358 g/mol. The van der Waals surface area contributed by atoms with Gasteiger partial charge in [-0.15, -0.1) is 21.5 Å². The molecule has 4 aromatic rings. The van der Waals surface area contributed by atoms with Gasteiger partial charge in [0.15, 0.2) is 0 Å². The number of fused-ring (bicyclic) bond motifs is 2. The number of aromatic nitrogens is 3. The fourth-order valence-corrected chi connectivity index (χ4v) is 4.98. The minimum absolute atomic E-state index is 0.412. The molecule has 0 spiro atoms. The SMILES string of the molecule is CN1Cc2cc(-c3cncnn3)ccc2C(c2cc3ccccc3s2)C1. The van der Waals surface area contributed by atoms with Crippen molar-refractivity contribution in [3.05, 3.63) is 77.1 Å². The van der Waals surface area contributed by atoms with Gasteiger partial charge in [-0.1, -0.05) is 30.3 Å². The van der Waals surface area contributed by atoms with Crippen LogP contribution in [-0.2, 0) is 6.54 Å². The minimum atomic E-state index is 0.412. The summed E-state index contributed by atoms with van der Waals surface area (Å²) in [7, 11) is 2.19. The van der Waals surface area contributed by atoms with Crippen molar-refractivity contribution in [2.75, 3.05) is 13.6 Å². The Morgan fingerprint density at radius 3 is 2.88 bits per heavy atom. The summed E-state index contributed by atoms with van der Waals surface area (Å²) in [5, 5.41) is 9.44. The predicted molar refractivity (Wildman–Crippen MR) is 105 cm³/mol. The van der Waals surface area contributed by atoms with Gasteiger partial charge in [0.1, 0.15) is 12.0 Å². The Labute approximate surface area is 156 Å². The zero-order chi connectivity index (χ0) is 17.5. The summed E-state index contributed by atoms with van der Waals surface area (Å²) in [6, 6.07) is 17.7. The lowest BCUT2D eigenvalue weighted by Crippen LogP contribution is -2.30. The van der Waals surface area contributed by atoms with E-state index in [1.54, 1.807) is 6.20 Å². The molecule has 26 heavy (non-hydrogen) atoms. The zero-order valence-electron chi connectivity index (χ0n) is 14.5. The van der Waals surface area contributed by atoms with Crippen molar-refractivity contribution in [1.82, 2.24) is 20.1 Å². The molecule has 3 heterocycles. The van der Waals surface area contributed by atoms with Crippen LogP contribution in [0.2, 0.25) is 0 Å². The van der Waals surface area contributed by atoms with Crippen molar-refractivity contribution in [3.8, 4) is 11.3 Å². The van der Waals surface area contributed by atoms with Gasteiger partial charge in [0.2, 0.25) is 0 Å². The Morgan fingerprint density at radius 1 is 1.12 bits per heavy atom. The predicted octanol–water partition coefficient (Wildman–Crippen LogP) is 4.33. The first-order valence-electron chi connectivity index (χ1n) is 8.71. The molecule has 0 bridgehead atoms. The maximum Gasteiger partial charge on any atom is 0.138 e. The number of hydrogen-bond donors (Lipinski definition) is 0. The van der Waals surface area contributed by atoms with Crippen LogP contribution in [0.3, 0.4) is 0 Å². The number of nitrogens with zero attached hydrogens (tertiary/aromatic N) is 4. The Kier molecular flexibility index (Phi) is 3.76. The van der Waals surface area contributed by atoms with Gasteiger partial charge in [-0.25, -0.2) is 4.98 Å². The van der Waals surface area contributed by atoms with Crippen LogP contribution in [0.15, 0.2) is 61.1 Å². The van der Waals surface area contributed by atoms with Crippen molar-refractivity contribution in [2.24, 2.45) is 0 Å². The van der Waals surface area contributed by atoms with E-state index in [9.17, 15) is 0 Å². The molecular formula is C21H18N4S. The van der Waals surface area contributed by atoms with E-state index in [4.69, 9.17) is 0 Å². The fraction of sp³-hybridized carbons (Fsp3) is 0.190. The van der Waals surface area contributed by atoms with Crippen molar-refractivity contribution in [3.63, 3.8) is 0 Å². The number of hydrogen-bond acceptors (Lipinski definition) is 5. The number of thiophene rings is 1. The molecule has 1 aliphatic heterocycles. The van der Waals surface area contributed by atoms with E-state index in [1.807, 2.05) is 11.3 Å². The minimum Gasteiger partial charge on any atom is -0.301 e. The average Bonchev–Trinajstić information content (AvgIpc) is 3.11. The van der Waals surface area contributed by atoms with Crippen LogP contribution in [0.5, 0.6) is 0 Å². The highest BCUT2D eigenvalue weighted by Gasteiger charge is 2.26. The molecule has 0 saturated carbocycles. The number of likely N-dealkylation sites (N-methyl/N-ethyl adjacent to an activating group) is 1. The third-order valence-corrected chi connectivity index (χ3v) is 6.25. The quantitative estimate of drug-likeness (QED) is 0.535. The van der Waals surface area contributed by atoms with Crippen LogP contribution < -0.4 is 0 Å². The van der Waals surface area contributed by atoms with Crippen LogP contribution in [0.1, 0.15) is 21.9 Å². The van der Waals surface area contributed by atoms with Crippen molar-refractivity contribution < 1.29 is 0 Å². The molecule has 1 atom stereocenters. The Hall–Kier alpha value is -2.63. The van der Waals surface area contributed by atoms with Crippen LogP contribution in [0.4, 0.5) is 0 Å². The van der Waals surface area contributed by atoms with E-state index in [0.29, 0.717) is 5.92 Å². The van der Waals surface area contributed by atoms with E-state index in [1.165, 1.54) is 32.4 Å². The summed E-state index contributed by atoms with van der Waals surface area (Å²) in [5.74, 6) is 0.412. The van der Waals surface area contributed by atoms with Crippen molar-refractivity contribution in [2.45, 2.75) is 12.5 Å². The topological polar surface area (TPSA) is 41.9 Å². The maximum atomic E-state index is 4.20. The van der Waals surface area contributed by atoms with E-state index >= 15 is 0 Å². The molecular weight excluding hydrogens is 340 g/mol. The first kappa shape index (κ1) is 15.6. The highest BCUT2D eigenvalue weighted by Crippen LogP contribution is 2.39. The summed E-state index contributed by atoms with van der Waals surface area (Å²) >= 11 is 1.91. The molecule has 0 fully saturated rings. The normalized spacial score (nSPS) is 17.3. The molecule has 5 heteroatoms. The summed E-state index contributed by atoms with van der Waals surface area (Å²) in [6.07, 6.45) is 3.23. The van der Waals surface area contributed by atoms with Gasteiger partial charge in [0, 0.05) is 34.1 Å². The highest BCUT2D eigenvalue weighted by molar-refractivity contribution is 7.19. The van der Waals surface area contributed by atoms with E-state index < -0.39 is 0 Å². The van der Waals surface area contributed by atoms with E-state index in [2.05, 4.69) is 75.7 Å². The standard InChI is InChI=1S/C21H18N4S/c1-25-11-16-8-14(19-10-22-13-23-24-19)6-7-17(16)18(12-25)21-9-15-4-2-3-5-20(15)26-21/h2-10,13,18H,11-12H2,1H3. The Balaban J connectivity index is 1.59. The first-order valence-corrected chi connectivity index (χ1v) is 9.52. The molecule has 2 aromatic heterocycles. The molecule has 2 aromatic carbocycles. The largest absolute Gasteiger partial charge is 0.301 e. The van der Waals surface area contributed by atoms with Crippen molar-refractivity contribution in [1.29, 1.82) is 0 Å². The summed E-state index contributed by atoms with van der Waals surface area (Å²) < 4.78 is 1.36. The number of rotatable bonds is 2. The molecule has 128 valence electrons. The molecule has 0 amide bonds. The molecule has 0 N–H and O–H groups in total. The van der Waals surface area contributed by atoms with Gasteiger partial charge in [0.25, 0.3) is 0 Å². The lowest BCUT2D eigenvalue weighted by Gasteiger charge is -2.32. The van der Waals surface area contributed by atoms with Crippen molar-refractivity contribution >= 4 is 21.4 Å². The van der Waals surface area contributed by atoms with Gasteiger partial charge in [0.05, 0.1) is 6.20 Å². The Morgan fingerprint density at radius 2 is 2.04 bits per heavy atom. The molecule has 4 nitrogen and oxygen atoms in total.